The summed E-state index contributed by atoms with van der Waals surface area (Å²) in [6.07, 6.45) is 0. The van der Waals surface area contributed by atoms with Gasteiger partial charge >= 0.3 is 5.97 Å². The molecule has 0 unspecified atom stereocenters. The van der Waals surface area contributed by atoms with Crippen LogP contribution in [0.2, 0.25) is 0 Å². The van der Waals surface area contributed by atoms with Gasteiger partial charge in [0.1, 0.15) is 11.0 Å². The van der Waals surface area contributed by atoms with Crippen LogP contribution in [0.4, 0.5) is 0 Å². The molecule has 0 amide bonds. The highest BCUT2D eigenvalue weighted by molar-refractivity contribution is 9.11. The number of fused-ring (bicyclic) bond motifs is 2. The van der Waals surface area contributed by atoms with Crippen molar-refractivity contribution in [2.24, 2.45) is 0 Å². The van der Waals surface area contributed by atoms with Crippen LogP contribution in [0.25, 0.3) is 22.1 Å². The fraction of sp³-hybridized carbons (Fsp3) is 0.133. The second kappa shape index (κ2) is 5.81. The quantitative estimate of drug-likeness (QED) is 0.492. The molecule has 0 aliphatic heterocycles. The number of carbonyl (C=O) groups is 1. The van der Waals surface area contributed by atoms with Gasteiger partial charge in [-0.1, -0.05) is 0 Å². The molecule has 22 heavy (non-hydrogen) atoms. The molecule has 0 radical (unpaired) electrons. The third kappa shape index (κ3) is 2.55. The maximum Gasteiger partial charge on any atom is 0.338 e. The van der Waals surface area contributed by atoms with E-state index in [1.54, 1.807) is 31.2 Å². The molecule has 1 aromatic heterocycles. The van der Waals surface area contributed by atoms with E-state index < -0.39 is 5.97 Å². The Morgan fingerprint density at radius 3 is 2.59 bits per heavy atom. The lowest BCUT2D eigenvalue weighted by molar-refractivity contribution is 0.0526. The normalized spacial score (nSPS) is 11.0. The molecule has 1 N–H and O–H groups in total. The number of aromatic nitrogens is 2. The fourth-order valence-corrected chi connectivity index (χ4v) is 3.32. The van der Waals surface area contributed by atoms with Crippen LogP contribution in [-0.2, 0) is 4.74 Å². The highest BCUT2D eigenvalue weighted by atomic mass is 79.9. The number of hydrogen-bond donors (Lipinski definition) is 1. The molecule has 0 aliphatic rings. The van der Waals surface area contributed by atoms with Crippen molar-refractivity contribution < 1.29 is 14.6 Å². The van der Waals surface area contributed by atoms with Crippen molar-refractivity contribution in [3.8, 4) is 5.75 Å². The van der Waals surface area contributed by atoms with Gasteiger partial charge in [-0.3, -0.25) is 0 Å². The summed E-state index contributed by atoms with van der Waals surface area (Å²) < 4.78 is 6.21. The number of aromatic hydroxyl groups is 1. The van der Waals surface area contributed by atoms with Gasteiger partial charge in [-0.05, 0) is 63.0 Å². The van der Waals surface area contributed by atoms with Crippen molar-refractivity contribution >= 4 is 59.9 Å². The Labute approximate surface area is 142 Å². The summed E-state index contributed by atoms with van der Waals surface area (Å²) in [6, 6.07) is 6.64. The number of esters is 1. The fourth-order valence-electron chi connectivity index (χ4n) is 2.09. The molecule has 0 bridgehead atoms. The van der Waals surface area contributed by atoms with Gasteiger partial charge in [0.25, 0.3) is 0 Å². The smallest absolute Gasteiger partial charge is 0.338 e. The summed E-state index contributed by atoms with van der Waals surface area (Å²) in [5, 5.41) is 10.1. The number of hydrogen-bond acceptors (Lipinski definition) is 5. The minimum atomic E-state index is -0.399. The maximum atomic E-state index is 11.8. The number of carbonyl (C=O) groups excluding carboxylic acids is 1. The molecular weight excluding hydrogens is 416 g/mol. The molecule has 0 saturated heterocycles. The van der Waals surface area contributed by atoms with Crippen molar-refractivity contribution in [3.63, 3.8) is 0 Å². The summed E-state index contributed by atoms with van der Waals surface area (Å²) in [4.78, 5) is 20.7. The number of phenolic OH excluding ortho intramolecular Hbond substituents is 1. The first-order valence-corrected chi connectivity index (χ1v) is 8.05. The molecule has 0 spiro atoms. The second-order valence-electron chi connectivity index (χ2n) is 4.53. The van der Waals surface area contributed by atoms with Crippen molar-refractivity contribution in [2.45, 2.75) is 6.92 Å². The number of nitrogens with zero attached hydrogens (tertiary/aromatic N) is 2. The van der Waals surface area contributed by atoms with E-state index in [4.69, 9.17) is 4.74 Å². The van der Waals surface area contributed by atoms with E-state index in [0.717, 1.165) is 0 Å². The Hall–Kier alpha value is -1.73. The van der Waals surface area contributed by atoms with Crippen LogP contribution >= 0.6 is 31.9 Å². The third-order valence-electron chi connectivity index (χ3n) is 3.11. The molecule has 3 aromatic rings. The van der Waals surface area contributed by atoms with Gasteiger partial charge in [0.05, 0.1) is 27.7 Å². The molecule has 0 saturated carbocycles. The lowest BCUT2D eigenvalue weighted by atomic mass is 10.2. The van der Waals surface area contributed by atoms with Gasteiger partial charge in [0, 0.05) is 4.47 Å². The maximum absolute atomic E-state index is 11.8. The summed E-state index contributed by atoms with van der Waals surface area (Å²) in [6.45, 7) is 2.07. The van der Waals surface area contributed by atoms with Crippen LogP contribution in [0.1, 0.15) is 17.3 Å². The number of rotatable bonds is 2. The standard InChI is InChI=1S/C15H10Br2N2O3/c1-2-22-15(21)7-3-4-10-11(5-7)19-12-8(16)6-9(17)14(20)13(12)18-10/h3-6,20H,2H2,1H3. The molecule has 2 aromatic carbocycles. The molecule has 0 aliphatic carbocycles. The molecule has 5 nitrogen and oxygen atoms in total. The Morgan fingerprint density at radius 2 is 1.86 bits per heavy atom. The van der Waals surface area contributed by atoms with Gasteiger partial charge < -0.3 is 9.84 Å². The third-order valence-corrected chi connectivity index (χ3v) is 4.31. The van der Waals surface area contributed by atoms with Crippen LogP contribution in [0.3, 0.4) is 0 Å². The van der Waals surface area contributed by atoms with Crippen molar-refractivity contribution in [1.82, 2.24) is 9.97 Å². The number of ether oxygens (including phenoxy) is 1. The molecule has 112 valence electrons. The Morgan fingerprint density at radius 1 is 1.14 bits per heavy atom. The highest BCUT2D eigenvalue weighted by Gasteiger charge is 2.14. The van der Waals surface area contributed by atoms with Gasteiger partial charge in [-0.25, -0.2) is 14.8 Å². The zero-order chi connectivity index (χ0) is 15.9. The molecule has 0 atom stereocenters. The average Bonchev–Trinajstić information content (AvgIpc) is 2.51. The lowest BCUT2D eigenvalue weighted by Crippen LogP contribution is -2.04. The zero-order valence-corrected chi connectivity index (χ0v) is 14.6. The van der Waals surface area contributed by atoms with Crippen LogP contribution < -0.4 is 0 Å². The first kappa shape index (κ1) is 15.2. The van der Waals surface area contributed by atoms with E-state index >= 15 is 0 Å². The number of phenols is 1. The Bertz CT molecular complexity index is 912. The first-order valence-electron chi connectivity index (χ1n) is 6.47. The SMILES string of the molecule is CCOC(=O)c1ccc2nc3c(O)c(Br)cc(Br)c3nc2c1. The van der Waals surface area contributed by atoms with Gasteiger partial charge in [-0.2, -0.15) is 0 Å². The average molecular weight is 426 g/mol. The zero-order valence-electron chi connectivity index (χ0n) is 11.4. The van der Waals surface area contributed by atoms with Crippen LogP contribution in [0, 0.1) is 0 Å². The molecule has 1 heterocycles. The predicted molar refractivity (Wildman–Crippen MR) is 90.1 cm³/mol. The minimum absolute atomic E-state index is 0.0297. The summed E-state index contributed by atoms with van der Waals surface area (Å²) in [5.41, 5.74) is 2.47. The Kier molecular flexibility index (Phi) is 4.01. The largest absolute Gasteiger partial charge is 0.504 e. The topological polar surface area (TPSA) is 72.3 Å². The minimum Gasteiger partial charge on any atom is -0.504 e. The van der Waals surface area contributed by atoms with Gasteiger partial charge in [0.2, 0.25) is 0 Å². The van der Waals surface area contributed by atoms with E-state index in [2.05, 4.69) is 41.8 Å². The lowest BCUT2D eigenvalue weighted by Gasteiger charge is -2.07. The summed E-state index contributed by atoms with van der Waals surface area (Å²) in [5.74, 6) is -0.369. The van der Waals surface area contributed by atoms with E-state index in [1.165, 1.54) is 0 Å². The molecular formula is C15H10Br2N2O3. The van der Waals surface area contributed by atoms with Crippen molar-refractivity contribution in [2.75, 3.05) is 6.61 Å². The van der Waals surface area contributed by atoms with Gasteiger partial charge in [0.15, 0.2) is 5.75 Å². The van der Waals surface area contributed by atoms with Crippen LogP contribution in [0.5, 0.6) is 5.75 Å². The Balaban J connectivity index is 2.26. The highest BCUT2D eigenvalue weighted by Crippen LogP contribution is 2.36. The number of halogens is 2. The predicted octanol–water partition coefficient (Wildman–Crippen LogP) is 4.19. The van der Waals surface area contributed by atoms with E-state index in [-0.39, 0.29) is 5.75 Å². The molecule has 7 heteroatoms. The van der Waals surface area contributed by atoms with E-state index in [1.807, 2.05) is 0 Å². The van der Waals surface area contributed by atoms with Crippen molar-refractivity contribution in [1.29, 1.82) is 0 Å². The van der Waals surface area contributed by atoms with Crippen LogP contribution in [0.15, 0.2) is 33.2 Å². The van der Waals surface area contributed by atoms with Crippen LogP contribution in [-0.4, -0.2) is 27.7 Å². The second-order valence-corrected chi connectivity index (χ2v) is 6.24. The molecule has 3 rings (SSSR count). The first-order chi connectivity index (χ1) is 10.5. The van der Waals surface area contributed by atoms with E-state index in [9.17, 15) is 9.90 Å². The van der Waals surface area contributed by atoms with Crippen molar-refractivity contribution in [3.05, 3.63) is 38.8 Å². The van der Waals surface area contributed by atoms with E-state index in [0.29, 0.717) is 43.2 Å². The summed E-state index contributed by atoms with van der Waals surface area (Å²) in [7, 11) is 0. The number of benzene rings is 2. The monoisotopic (exact) mass is 424 g/mol. The molecule has 0 fully saturated rings. The summed E-state index contributed by atoms with van der Waals surface area (Å²) >= 11 is 6.67. The van der Waals surface area contributed by atoms with Gasteiger partial charge in [-0.15, -0.1) is 0 Å².